The number of halogens is 1. The van der Waals surface area contributed by atoms with Crippen LogP contribution in [0.15, 0.2) is 71.5 Å². The first-order chi connectivity index (χ1) is 13.1. The highest BCUT2D eigenvalue weighted by molar-refractivity contribution is 5.92. The van der Waals surface area contributed by atoms with E-state index in [1.807, 2.05) is 0 Å². The van der Waals surface area contributed by atoms with E-state index in [9.17, 15) is 14.0 Å². The average molecular weight is 359 g/mol. The van der Waals surface area contributed by atoms with E-state index in [1.54, 1.807) is 60.7 Å². The van der Waals surface area contributed by atoms with Gasteiger partial charge in [-0.25, -0.2) is 4.98 Å². The summed E-state index contributed by atoms with van der Waals surface area (Å²) in [5.74, 6) is -0.750. The monoisotopic (exact) mass is 359 g/mol. The number of pyridine rings is 2. The second-order valence-electron chi connectivity index (χ2n) is 6.04. The molecule has 2 N–H and O–H groups in total. The number of carbonyl (C=O) groups excluding carboxylic acids is 1. The summed E-state index contributed by atoms with van der Waals surface area (Å²) in [5, 5.41) is 0.211. The molecule has 0 aliphatic rings. The minimum absolute atomic E-state index is 0.0842. The molecule has 0 spiro atoms. The Morgan fingerprint density at radius 3 is 2.48 bits per heavy atom. The molecule has 0 aliphatic carbocycles. The van der Waals surface area contributed by atoms with Crippen molar-refractivity contribution in [3.05, 3.63) is 88.6 Å². The average Bonchev–Trinajstić information content (AvgIpc) is 2.68. The first kappa shape index (κ1) is 16.7. The van der Waals surface area contributed by atoms with Crippen LogP contribution in [0.2, 0.25) is 0 Å². The van der Waals surface area contributed by atoms with Gasteiger partial charge in [-0.05, 0) is 35.9 Å². The smallest absolute Gasteiger partial charge is 0.203 e. The van der Waals surface area contributed by atoms with E-state index in [2.05, 4.69) is 4.98 Å². The van der Waals surface area contributed by atoms with E-state index in [1.165, 1.54) is 4.57 Å². The number of nitrogens with zero attached hydrogens (tertiary/aromatic N) is 2. The number of anilines is 1. The van der Waals surface area contributed by atoms with Gasteiger partial charge in [-0.15, -0.1) is 0 Å². The Labute approximate surface area is 153 Å². The molecule has 6 heteroatoms. The highest BCUT2D eigenvalue weighted by Gasteiger charge is 2.16. The molecular weight excluding hydrogens is 345 g/mol. The SMILES string of the molecule is Nc1cccc(-c2cc3c(=O)cc(F)n(-c4ccccc4)c3nc2C=O)c1. The fourth-order valence-corrected chi connectivity index (χ4v) is 3.07. The van der Waals surface area contributed by atoms with E-state index in [0.29, 0.717) is 28.8 Å². The van der Waals surface area contributed by atoms with Gasteiger partial charge in [-0.2, -0.15) is 4.39 Å². The van der Waals surface area contributed by atoms with Gasteiger partial charge in [0.05, 0.1) is 5.39 Å². The van der Waals surface area contributed by atoms with Crippen molar-refractivity contribution in [3.63, 3.8) is 0 Å². The van der Waals surface area contributed by atoms with Crippen molar-refractivity contribution in [1.29, 1.82) is 0 Å². The van der Waals surface area contributed by atoms with Crippen molar-refractivity contribution in [2.45, 2.75) is 0 Å². The molecule has 0 saturated carbocycles. The normalized spacial score (nSPS) is 10.9. The maximum absolute atomic E-state index is 14.6. The molecule has 2 heterocycles. The van der Waals surface area contributed by atoms with E-state index in [-0.39, 0.29) is 16.7 Å². The van der Waals surface area contributed by atoms with Crippen molar-refractivity contribution in [3.8, 4) is 16.8 Å². The zero-order valence-corrected chi connectivity index (χ0v) is 14.1. The standard InChI is InChI=1S/C21H14FN3O2/c22-20-11-19(27)17-10-16(13-5-4-6-14(23)9-13)18(12-26)24-21(17)25(20)15-7-2-1-3-8-15/h1-12H,23H2. The van der Waals surface area contributed by atoms with E-state index in [4.69, 9.17) is 5.73 Å². The number of carbonyl (C=O) groups is 1. The zero-order valence-electron chi connectivity index (χ0n) is 14.1. The minimum atomic E-state index is -0.750. The van der Waals surface area contributed by atoms with Crippen molar-refractivity contribution in [2.75, 3.05) is 5.73 Å². The number of para-hydroxylation sites is 1. The fourth-order valence-electron chi connectivity index (χ4n) is 3.07. The van der Waals surface area contributed by atoms with Gasteiger partial charge in [-0.3, -0.25) is 14.2 Å². The maximum Gasteiger partial charge on any atom is 0.203 e. The van der Waals surface area contributed by atoms with Crippen LogP contribution in [0.1, 0.15) is 10.5 Å². The van der Waals surface area contributed by atoms with Crippen LogP contribution in [0.3, 0.4) is 0 Å². The predicted molar refractivity (Wildman–Crippen MR) is 103 cm³/mol. The Morgan fingerprint density at radius 1 is 1.00 bits per heavy atom. The maximum atomic E-state index is 14.6. The molecule has 4 rings (SSSR count). The van der Waals surface area contributed by atoms with Crippen LogP contribution < -0.4 is 11.2 Å². The second-order valence-corrected chi connectivity index (χ2v) is 6.04. The highest BCUT2D eigenvalue weighted by atomic mass is 19.1. The minimum Gasteiger partial charge on any atom is -0.399 e. The van der Waals surface area contributed by atoms with Gasteiger partial charge in [0.1, 0.15) is 5.69 Å². The number of nitrogens with two attached hydrogens (primary N) is 1. The Bertz CT molecular complexity index is 1230. The fraction of sp³-hybridized carbons (Fsp3) is 0. The molecular formula is C21H14FN3O2. The predicted octanol–water partition coefficient (Wildman–Crippen LogP) is 3.59. The molecule has 4 aromatic rings. The Morgan fingerprint density at radius 2 is 1.78 bits per heavy atom. The largest absolute Gasteiger partial charge is 0.399 e. The second kappa shape index (κ2) is 6.49. The number of aromatic nitrogens is 2. The number of hydrogen-bond donors (Lipinski definition) is 1. The molecule has 2 aromatic heterocycles. The van der Waals surface area contributed by atoms with E-state index in [0.717, 1.165) is 6.07 Å². The van der Waals surface area contributed by atoms with Crippen molar-refractivity contribution in [1.82, 2.24) is 9.55 Å². The molecule has 2 aromatic carbocycles. The van der Waals surface area contributed by atoms with Crippen molar-refractivity contribution in [2.24, 2.45) is 0 Å². The molecule has 0 saturated heterocycles. The highest BCUT2D eigenvalue weighted by Crippen LogP contribution is 2.27. The van der Waals surface area contributed by atoms with E-state index < -0.39 is 11.4 Å². The number of nitrogen functional groups attached to an aromatic ring is 1. The number of fused-ring (bicyclic) bond motifs is 1. The van der Waals surface area contributed by atoms with Gasteiger partial charge in [0.2, 0.25) is 5.95 Å². The van der Waals surface area contributed by atoms with Crippen molar-refractivity contribution < 1.29 is 9.18 Å². The lowest BCUT2D eigenvalue weighted by atomic mass is 10.0. The van der Waals surface area contributed by atoms with Gasteiger partial charge in [-0.1, -0.05) is 30.3 Å². The van der Waals surface area contributed by atoms with Gasteiger partial charge < -0.3 is 5.73 Å². The summed E-state index contributed by atoms with van der Waals surface area (Å²) in [4.78, 5) is 28.4. The van der Waals surface area contributed by atoms with Gasteiger partial charge >= 0.3 is 0 Å². The summed E-state index contributed by atoms with van der Waals surface area (Å²) in [6, 6.07) is 18.1. The molecule has 0 atom stereocenters. The molecule has 0 fully saturated rings. The molecule has 27 heavy (non-hydrogen) atoms. The summed E-state index contributed by atoms with van der Waals surface area (Å²) in [6.07, 6.45) is 0.586. The Balaban J connectivity index is 2.09. The molecule has 0 unspecified atom stereocenters. The molecule has 0 radical (unpaired) electrons. The summed E-state index contributed by atoms with van der Waals surface area (Å²) >= 11 is 0. The lowest BCUT2D eigenvalue weighted by Crippen LogP contribution is -2.14. The quantitative estimate of drug-likeness (QED) is 0.344. The van der Waals surface area contributed by atoms with Gasteiger partial charge in [0.25, 0.3) is 0 Å². The first-order valence-corrected chi connectivity index (χ1v) is 8.21. The zero-order chi connectivity index (χ0) is 19.0. The molecule has 0 bridgehead atoms. The molecule has 0 amide bonds. The Kier molecular flexibility index (Phi) is 4.01. The number of hydrogen-bond acceptors (Lipinski definition) is 4. The number of aldehydes is 1. The summed E-state index contributed by atoms with van der Waals surface area (Å²) in [7, 11) is 0. The first-order valence-electron chi connectivity index (χ1n) is 8.21. The third kappa shape index (κ3) is 2.87. The van der Waals surface area contributed by atoms with Crippen LogP contribution in [-0.2, 0) is 0 Å². The topological polar surface area (TPSA) is 78.0 Å². The third-order valence-electron chi connectivity index (χ3n) is 4.30. The van der Waals surface area contributed by atoms with Crippen LogP contribution >= 0.6 is 0 Å². The van der Waals surface area contributed by atoms with Gasteiger partial charge in [0.15, 0.2) is 17.4 Å². The lowest BCUT2D eigenvalue weighted by molar-refractivity contribution is 0.112. The van der Waals surface area contributed by atoms with Crippen LogP contribution in [0.25, 0.3) is 27.8 Å². The molecule has 5 nitrogen and oxygen atoms in total. The lowest BCUT2D eigenvalue weighted by Gasteiger charge is -2.14. The summed E-state index contributed by atoms with van der Waals surface area (Å²) in [5.41, 5.74) is 7.64. The number of rotatable bonds is 3. The summed E-state index contributed by atoms with van der Waals surface area (Å²) < 4.78 is 15.8. The Hall–Kier alpha value is -3.80. The van der Waals surface area contributed by atoms with Crippen LogP contribution in [0.4, 0.5) is 10.1 Å². The van der Waals surface area contributed by atoms with Crippen LogP contribution in [0.5, 0.6) is 0 Å². The molecule has 132 valence electrons. The third-order valence-corrected chi connectivity index (χ3v) is 4.30. The van der Waals surface area contributed by atoms with Crippen LogP contribution in [0, 0.1) is 5.95 Å². The molecule has 0 aliphatic heterocycles. The summed E-state index contributed by atoms with van der Waals surface area (Å²) in [6.45, 7) is 0. The number of benzene rings is 2. The van der Waals surface area contributed by atoms with E-state index >= 15 is 0 Å². The van der Waals surface area contributed by atoms with Gasteiger partial charge in [0, 0.05) is 23.0 Å². The van der Waals surface area contributed by atoms with Crippen LogP contribution in [-0.4, -0.2) is 15.8 Å². The van der Waals surface area contributed by atoms with Crippen molar-refractivity contribution >= 4 is 23.0 Å².